The summed E-state index contributed by atoms with van der Waals surface area (Å²) in [7, 11) is 0.874. The lowest BCUT2D eigenvalue weighted by Gasteiger charge is -2.48. The number of benzene rings is 1. The van der Waals surface area contributed by atoms with Gasteiger partial charge in [-0.3, -0.25) is 17.8 Å². The van der Waals surface area contributed by atoms with Crippen LogP contribution in [-0.2, 0) is 35.7 Å². The van der Waals surface area contributed by atoms with Crippen molar-refractivity contribution >= 4 is 87.1 Å². The van der Waals surface area contributed by atoms with Gasteiger partial charge in [-0.2, -0.15) is 10.2 Å². The van der Waals surface area contributed by atoms with E-state index in [1.165, 1.54) is 29.0 Å². The fourth-order valence-corrected chi connectivity index (χ4v) is 15.9. The lowest BCUT2D eigenvalue weighted by atomic mass is 9.66. The molecule has 2 fully saturated rings. The first kappa shape index (κ1) is 40.8. The monoisotopic (exact) mass is 927 g/mol. The molecule has 11 rings (SSSR count). The minimum Gasteiger partial charge on any atom is -0.491 e. The van der Waals surface area contributed by atoms with Gasteiger partial charge in [0.25, 0.3) is 0 Å². The first-order chi connectivity index (χ1) is 31.1. The van der Waals surface area contributed by atoms with Crippen LogP contribution < -0.4 is 16.2 Å². The van der Waals surface area contributed by atoms with Crippen LogP contribution in [-0.4, -0.2) is 81.7 Å². The number of anilines is 2. The molecule has 0 aliphatic heterocycles. The quantitative estimate of drug-likeness (QED) is 0.109. The lowest BCUT2D eigenvalue weighted by molar-refractivity contribution is 0.141. The SMILES string of the molecule is Cn1cc(-c2cc(-c3cncnc3)nc3sc(S(=O)C4CCC4C4CCC4S(=O)c4sc5nc(-c6cnc7nn(C)cc7c6)cc(-c6ccc(OCCO)cc6)c5c4N)c(N)c23)cn1. The van der Waals surface area contributed by atoms with E-state index in [-0.39, 0.29) is 35.5 Å². The van der Waals surface area contributed by atoms with E-state index in [4.69, 9.17) is 26.2 Å². The molecule has 2 saturated carbocycles. The fraction of sp³-hybridized carbons (Fsp3) is 0.267. The molecule has 5 N–H and O–H groups in total. The zero-order valence-electron chi connectivity index (χ0n) is 34.6. The molecule has 6 unspecified atom stereocenters. The van der Waals surface area contributed by atoms with Crippen LogP contribution in [0.2, 0.25) is 0 Å². The Morgan fingerprint density at radius 3 is 1.91 bits per heavy atom. The Balaban J connectivity index is 0.912. The molecule has 324 valence electrons. The van der Waals surface area contributed by atoms with Crippen molar-refractivity contribution in [1.29, 1.82) is 0 Å². The summed E-state index contributed by atoms with van der Waals surface area (Å²) < 4.78 is 39.9. The summed E-state index contributed by atoms with van der Waals surface area (Å²) in [6.45, 7) is 0.104. The van der Waals surface area contributed by atoms with E-state index in [1.807, 2.05) is 69.0 Å². The number of nitrogen functional groups attached to an aromatic ring is 2. The number of fused-ring (bicyclic) bond motifs is 3. The normalized spacial score (nSPS) is 19.5. The summed E-state index contributed by atoms with van der Waals surface area (Å²) in [4.78, 5) is 24.5. The number of hydrogen-bond acceptors (Lipinski definition) is 15. The van der Waals surface area contributed by atoms with E-state index in [2.05, 4.69) is 25.1 Å². The topological polar surface area (TPSA) is 216 Å². The van der Waals surface area contributed by atoms with E-state index in [0.717, 1.165) is 75.2 Å². The maximum absolute atomic E-state index is 14.8. The average molecular weight is 928 g/mol. The number of aliphatic hydroxyl groups is 1. The molecule has 64 heavy (non-hydrogen) atoms. The minimum absolute atomic E-state index is 0.0859. The maximum atomic E-state index is 14.8. The standard InChI is InChI=1S/C45H41N11O4S4/c1-55-21-27(19-51-55)32-15-34(26-16-48-22-49-17-26)53-43-38(32)40(47)45(62-43)64(59)36-10-8-30(36)29-7-9-35(29)63(58)44-39(46)37-31(23-3-5-28(6-4-23)60-12-11-57)14-33(52-42(37)61-44)24-13-25-20-56(2)54-41(25)50-18-24/h3-6,13-22,29-30,35-36,57H,7-12,46-47H2,1-2H3. The van der Waals surface area contributed by atoms with Crippen molar-refractivity contribution in [2.75, 3.05) is 24.7 Å². The van der Waals surface area contributed by atoms with Gasteiger partial charge < -0.3 is 21.3 Å². The van der Waals surface area contributed by atoms with Gasteiger partial charge in [0.15, 0.2) is 5.65 Å². The Labute approximate surface area is 379 Å². The molecule has 0 amide bonds. The molecule has 0 spiro atoms. The Bertz CT molecular complexity index is 3310. The number of ether oxygens (including phenoxy) is 1. The summed E-state index contributed by atoms with van der Waals surface area (Å²) >= 11 is 2.75. The summed E-state index contributed by atoms with van der Waals surface area (Å²) in [6, 6.07) is 13.6. The summed E-state index contributed by atoms with van der Waals surface area (Å²) in [5.41, 5.74) is 22.0. The highest BCUT2D eigenvalue weighted by atomic mass is 32.2. The third kappa shape index (κ3) is 6.96. The zero-order valence-corrected chi connectivity index (χ0v) is 37.9. The largest absolute Gasteiger partial charge is 0.491 e. The van der Waals surface area contributed by atoms with Crippen LogP contribution in [0.15, 0.2) is 94.4 Å². The van der Waals surface area contributed by atoms with Gasteiger partial charge in [0.2, 0.25) is 0 Å². The Hall–Kier alpha value is -5.99. The Kier molecular flexibility index (Phi) is 10.3. The van der Waals surface area contributed by atoms with Crippen LogP contribution in [0.4, 0.5) is 11.4 Å². The van der Waals surface area contributed by atoms with Crippen LogP contribution in [0.3, 0.4) is 0 Å². The Morgan fingerprint density at radius 1 is 0.734 bits per heavy atom. The van der Waals surface area contributed by atoms with Gasteiger partial charge in [0, 0.05) is 88.4 Å². The van der Waals surface area contributed by atoms with Crippen LogP contribution in [0.5, 0.6) is 5.75 Å². The molecule has 8 aromatic heterocycles. The number of aliphatic hydroxyl groups excluding tert-OH is 1. The van der Waals surface area contributed by atoms with Crippen molar-refractivity contribution in [3.63, 3.8) is 0 Å². The van der Waals surface area contributed by atoms with Gasteiger partial charge in [-0.1, -0.05) is 12.1 Å². The molecule has 19 heteroatoms. The summed E-state index contributed by atoms with van der Waals surface area (Å²) in [5.74, 6) is 0.868. The van der Waals surface area contributed by atoms with Gasteiger partial charge in [-0.15, -0.1) is 22.7 Å². The predicted molar refractivity (Wildman–Crippen MR) is 253 cm³/mol. The second-order valence-corrected chi connectivity index (χ2v) is 22.0. The van der Waals surface area contributed by atoms with E-state index in [9.17, 15) is 13.5 Å². The van der Waals surface area contributed by atoms with Crippen molar-refractivity contribution in [2.45, 2.75) is 44.6 Å². The van der Waals surface area contributed by atoms with Crippen molar-refractivity contribution in [3.8, 4) is 50.5 Å². The first-order valence-corrected chi connectivity index (χ1v) is 24.8. The first-order valence-electron chi connectivity index (χ1n) is 20.8. The van der Waals surface area contributed by atoms with Crippen molar-refractivity contribution in [3.05, 3.63) is 86.0 Å². The molecule has 6 atom stereocenters. The highest BCUT2D eigenvalue weighted by Crippen LogP contribution is 2.53. The van der Waals surface area contributed by atoms with E-state index < -0.39 is 21.6 Å². The number of nitrogens with zero attached hydrogens (tertiary/aromatic N) is 9. The van der Waals surface area contributed by atoms with Gasteiger partial charge in [-0.25, -0.2) is 24.9 Å². The molecule has 2 aliphatic rings. The molecular weight excluding hydrogens is 887 g/mol. The summed E-state index contributed by atoms with van der Waals surface area (Å²) in [6.07, 6.45) is 15.7. The molecule has 15 nitrogen and oxygen atoms in total. The third-order valence-electron chi connectivity index (χ3n) is 12.5. The maximum Gasteiger partial charge on any atom is 0.181 e. The van der Waals surface area contributed by atoms with Gasteiger partial charge >= 0.3 is 0 Å². The molecule has 0 saturated heterocycles. The van der Waals surface area contributed by atoms with Gasteiger partial charge in [0.1, 0.15) is 36.8 Å². The van der Waals surface area contributed by atoms with Crippen LogP contribution >= 0.6 is 22.7 Å². The molecule has 2 aliphatic carbocycles. The number of pyridine rings is 3. The van der Waals surface area contributed by atoms with E-state index in [1.54, 1.807) is 34.2 Å². The number of aromatic nitrogens is 9. The molecule has 8 heterocycles. The summed E-state index contributed by atoms with van der Waals surface area (Å²) in [5, 5.41) is 20.3. The highest BCUT2D eigenvalue weighted by molar-refractivity contribution is 7.89. The minimum atomic E-state index is -1.44. The van der Waals surface area contributed by atoms with Crippen molar-refractivity contribution in [2.24, 2.45) is 25.9 Å². The molecular formula is C45H41N11O4S4. The van der Waals surface area contributed by atoms with Crippen LogP contribution in [0, 0.1) is 11.8 Å². The molecule has 9 aromatic rings. The molecule has 1 aromatic carbocycles. The van der Waals surface area contributed by atoms with Crippen molar-refractivity contribution < 1.29 is 18.3 Å². The van der Waals surface area contributed by atoms with E-state index in [0.29, 0.717) is 52.2 Å². The zero-order chi connectivity index (χ0) is 43.8. The fourth-order valence-electron chi connectivity index (χ4n) is 9.09. The predicted octanol–water partition coefficient (Wildman–Crippen LogP) is 7.39. The number of hydrogen-bond donors (Lipinski definition) is 3. The van der Waals surface area contributed by atoms with E-state index >= 15 is 0 Å². The van der Waals surface area contributed by atoms with Crippen molar-refractivity contribution in [1.82, 2.24) is 44.5 Å². The number of thiophene rings is 2. The second kappa shape index (κ2) is 16.2. The number of aryl methyl sites for hydroxylation is 2. The van der Waals surface area contributed by atoms with Gasteiger partial charge in [-0.05, 0) is 84.5 Å². The number of nitrogens with two attached hydrogens (primary N) is 2. The average Bonchev–Trinajstić information content (AvgIpc) is 4.07. The highest BCUT2D eigenvalue weighted by Gasteiger charge is 2.50. The number of rotatable bonds is 12. The molecule has 0 bridgehead atoms. The Morgan fingerprint density at radius 2 is 1.34 bits per heavy atom. The van der Waals surface area contributed by atoms with Gasteiger partial charge in [0.05, 0.1) is 57.2 Å². The smallest absolute Gasteiger partial charge is 0.181 e. The second-order valence-electron chi connectivity index (χ2n) is 16.3. The lowest BCUT2D eigenvalue weighted by Crippen LogP contribution is -2.50. The van der Waals surface area contributed by atoms with Crippen LogP contribution in [0.25, 0.3) is 76.2 Å². The third-order valence-corrected chi connectivity index (χ3v) is 19.2. The van der Waals surface area contributed by atoms with Crippen LogP contribution in [0.1, 0.15) is 25.7 Å². The molecule has 0 radical (unpaired) electrons.